The highest BCUT2D eigenvalue weighted by Gasteiger charge is 2.21. The van der Waals surface area contributed by atoms with E-state index >= 15 is 0 Å². The SMILES string of the molecule is CCOC(=O)c1nc(C)n(-c2cccc(C)c2Br)c1N. The van der Waals surface area contributed by atoms with E-state index in [1.807, 2.05) is 25.1 Å². The number of rotatable bonds is 3. The van der Waals surface area contributed by atoms with Crippen LogP contribution in [0.3, 0.4) is 0 Å². The second kappa shape index (κ2) is 5.66. The van der Waals surface area contributed by atoms with E-state index in [0.717, 1.165) is 15.7 Å². The Labute approximate surface area is 125 Å². The van der Waals surface area contributed by atoms with Gasteiger partial charge in [0.25, 0.3) is 0 Å². The normalized spacial score (nSPS) is 10.6. The lowest BCUT2D eigenvalue weighted by atomic mass is 10.2. The maximum absolute atomic E-state index is 11.8. The molecule has 1 aromatic carbocycles. The smallest absolute Gasteiger partial charge is 0.360 e. The molecule has 0 aliphatic heterocycles. The van der Waals surface area contributed by atoms with Gasteiger partial charge in [-0.2, -0.15) is 0 Å². The van der Waals surface area contributed by atoms with E-state index in [-0.39, 0.29) is 11.5 Å². The summed E-state index contributed by atoms with van der Waals surface area (Å²) in [4.78, 5) is 16.0. The molecule has 0 spiro atoms. The molecule has 0 amide bonds. The second-order valence-electron chi connectivity index (χ2n) is 4.36. The molecule has 0 saturated carbocycles. The summed E-state index contributed by atoms with van der Waals surface area (Å²) in [6.45, 7) is 5.82. The van der Waals surface area contributed by atoms with Crippen LogP contribution in [0, 0.1) is 13.8 Å². The predicted octanol–water partition coefficient (Wildman–Crippen LogP) is 3.01. The van der Waals surface area contributed by atoms with Gasteiger partial charge in [-0.1, -0.05) is 12.1 Å². The van der Waals surface area contributed by atoms with Crippen molar-refractivity contribution in [2.24, 2.45) is 0 Å². The number of carbonyl (C=O) groups is 1. The third-order valence-electron chi connectivity index (χ3n) is 2.96. The Morgan fingerprint density at radius 3 is 2.80 bits per heavy atom. The van der Waals surface area contributed by atoms with Crippen LogP contribution in [0.25, 0.3) is 5.69 Å². The van der Waals surface area contributed by atoms with E-state index in [4.69, 9.17) is 10.5 Å². The van der Waals surface area contributed by atoms with Crippen LogP contribution in [0.15, 0.2) is 22.7 Å². The van der Waals surface area contributed by atoms with Crippen molar-refractivity contribution in [2.75, 3.05) is 12.3 Å². The Morgan fingerprint density at radius 1 is 1.45 bits per heavy atom. The van der Waals surface area contributed by atoms with Crippen LogP contribution in [0.5, 0.6) is 0 Å². The Bertz CT molecular complexity index is 665. The highest BCUT2D eigenvalue weighted by atomic mass is 79.9. The summed E-state index contributed by atoms with van der Waals surface area (Å²) in [7, 11) is 0. The fraction of sp³-hybridized carbons (Fsp3) is 0.286. The largest absolute Gasteiger partial charge is 0.461 e. The minimum absolute atomic E-state index is 0.151. The van der Waals surface area contributed by atoms with Crippen LogP contribution >= 0.6 is 15.9 Å². The van der Waals surface area contributed by atoms with Crippen molar-refractivity contribution in [2.45, 2.75) is 20.8 Å². The van der Waals surface area contributed by atoms with Crippen LogP contribution in [0.1, 0.15) is 28.8 Å². The summed E-state index contributed by atoms with van der Waals surface area (Å²) in [6, 6.07) is 5.83. The first-order chi connectivity index (χ1) is 9.47. The summed E-state index contributed by atoms with van der Waals surface area (Å²) >= 11 is 3.54. The van der Waals surface area contributed by atoms with Gasteiger partial charge in [0.05, 0.1) is 12.3 Å². The van der Waals surface area contributed by atoms with Crippen LogP contribution in [-0.4, -0.2) is 22.1 Å². The maximum Gasteiger partial charge on any atom is 0.360 e. The number of nitrogen functional groups attached to an aromatic ring is 1. The maximum atomic E-state index is 11.8. The number of carbonyl (C=O) groups excluding carboxylic acids is 1. The molecule has 106 valence electrons. The monoisotopic (exact) mass is 337 g/mol. The Hall–Kier alpha value is -1.82. The van der Waals surface area contributed by atoms with E-state index in [1.54, 1.807) is 18.4 Å². The minimum Gasteiger partial charge on any atom is -0.461 e. The molecule has 0 radical (unpaired) electrons. The summed E-state index contributed by atoms with van der Waals surface area (Å²) in [5, 5.41) is 0. The van der Waals surface area contributed by atoms with Gasteiger partial charge in [0, 0.05) is 4.47 Å². The molecular weight excluding hydrogens is 322 g/mol. The van der Waals surface area contributed by atoms with Gasteiger partial charge in [0.2, 0.25) is 0 Å². The van der Waals surface area contributed by atoms with Crippen molar-refractivity contribution in [3.63, 3.8) is 0 Å². The summed E-state index contributed by atoms with van der Waals surface area (Å²) < 4.78 is 7.62. The molecule has 5 nitrogen and oxygen atoms in total. The van der Waals surface area contributed by atoms with Gasteiger partial charge < -0.3 is 10.5 Å². The Balaban J connectivity index is 2.59. The number of ether oxygens (including phenoxy) is 1. The van der Waals surface area contributed by atoms with Gasteiger partial charge in [-0.3, -0.25) is 4.57 Å². The van der Waals surface area contributed by atoms with Gasteiger partial charge in [-0.15, -0.1) is 0 Å². The van der Waals surface area contributed by atoms with Gasteiger partial charge in [-0.25, -0.2) is 9.78 Å². The van der Waals surface area contributed by atoms with Crippen molar-refractivity contribution in [1.82, 2.24) is 9.55 Å². The van der Waals surface area contributed by atoms with Crippen molar-refractivity contribution in [3.05, 3.63) is 39.8 Å². The number of halogens is 1. The molecule has 2 aromatic rings. The van der Waals surface area contributed by atoms with Crippen LogP contribution in [0.4, 0.5) is 5.82 Å². The molecule has 2 rings (SSSR count). The van der Waals surface area contributed by atoms with Gasteiger partial charge >= 0.3 is 5.97 Å². The highest BCUT2D eigenvalue weighted by molar-refractivity contribution is 9.10. The second-order valence-corrected chi connectivity index (χ2v) is 5.15. The van der Waals surface area contributed by atoms with Crippen LogP contribution in [-0.2, 0) is 4.74 Å². The highest BCUT2D eigenvalue weighted by Crippen LogP contribution is 2.29. The standard InChI is InChI=1S/C14H16BrN3O2/c1-4-20-14(19)12-13(16)18(9(3)17-12)10-7-5-6-8(2)11(10)15/h5-7H,4,16H2,1-3H3. The van der Waals surface area contributed by atoms with E-state index in [1.165, 1.54) is 0 Å². The van der Waals surface area contributed by atoms with Crippen molar-refractivity contribution >= 4 is 27.7 Å². The number of esters is 1. The van der Waals surface area contributed by atoms with Gasteiger partial charge in [0.1, 0.15) is 11.6 Å². The number of hydrogen-bond donors (Lipinski definition) is 1. The molecule has 2 N–H and O–H groups in total. The molecule has 6 heteroatoms. The minimum atomic E-state index is -0.504. The number of benzene rings is 1. The number of aromatic nitrogens is 2. The number of anilines is 1. The average molecular weight is 338 g/mol. The third-order valence-corrected chi connectivity index (χ3v) is 3.99. The molecule has 0 fully saturated rings. The average Bonchev–Trinajstić information content (AvgIpc) is 2.69. The zero-order valence-corrected chi connectivity index (χ0v) is 13.2. The summed E-state index contributed by atoms with van der Waals surface area (Å²) in [5.41, 5.74) is 8.14. The first-order valence-electron chi connectivity index (χ1n) is 6.24. The zero-order valence-electron chi connectivity index (χ0n) is 11.6. The molecule has 0 saturated heterocycles. The summed E-state index contributed by atoms with van der Waals surface area (Å²) in [5.74, 6) is 0.416. The van der Waals surface area contributed by atoms with E-state index in [2.05, 4.69) is 20.9 Å². The van der Waals surface area contributed by atoms with Gasteiger partial charge in [-0.05, 0) is 48.3 Å². The molecular formula is C14H16BrN3O2. The molecule has 0 aliphatic rings. The lowest BCUT2D eigenvalue weighted by Gasteiger charge is -2.11. The number of nitrogens with zero attached hydrogens (tertiary/aromatic N) is 2. The van der Waals surface area contributed by atoms with E-state index in [9.17, 15) is 4.79 Å². The zero-order chi connectivity index (χ0) is 14.9. The molecule has 0 bridgehead atoms. The molecule has 0 aliphatic carbocycles. The number of nitrogens with two attached hydrogens (primary N) is 1. The lowest BCUT2D eigenvalue weighted by Crippen LogP contribution is -2.09. The molecule has 20 heavy (non-hydrogen) atoms. The molecule has 0 unspecified atom stereocenters. The summed E-state index contributed by atoms with van der Waals surface area (Å²) in [6.07, 6.45) is 0. The predicted molar refractivity (Wildman–Crippen MR) is 81.1 cm³/mol. The number of imidazole rings is 1. The van der Waals surface area contributed by atoms with Crippen molar-refractivity contribution in [1.29, 1.82) is 0 Å². The fourth-order valence-electron chi connectivity index (χ4n) is 2.01. The van der Waals surface area contributed by atoms with E-state index in [0.29, 0.717) is 12.4 Å². The molecule has 0 atom stereocenters. The first kappa shape index (κ1) is 14.6. The molecule has 1 aromatic heterocycles. The third kappa shape index (κ3) is 2.43. The lowest BCUT2D eigenvalue weighted by molar-refractivity contribution is 0.0521. The van der Waals surface area contributed by atoms with Crippen molar-refractivity contribution in [3.8, 4) is 5.69 Å². The first-order valence-corrected chi connectivity index (χ1v) is 7.04. The Kier molecular flexibility index (Phi) is 4.13. The van der Waals surface area contributed by atoms with Crippen LogP contribution < -0.4 is 5.73 Å². The van der Waals surface area contributed by atoms with Gasteiger partial charge in [0.15, 0.2) is 5.69 Å². The quantitative estimate of drug-likeness (QED) is 0.874. The Morgan fingerprint density at radius 2 is 2.15 bits per heavy atom. The van der Waals surface area contributed by atoms with E-state index < -0.39 is 5.97 Å². The number of hydrogen-bond acceptors (Lipinski definition) is 4. The topological polar surface area (TPSA) is 70.1 Å². The molecule has 1 heterocycles. The van der Waals surface area contributed by atoms with Crippen LogP contribution in [0.2, 0.25) is 0 Å². The van der Waals surface area contributed by atoms with Crippen molar-refractivity contribution < 1.29 is 9.53 Å². The fourth-order valence-corrected chi connectivity index (χ4v) is 2.45. The number of aryl methyl sites for hydroxylation is 2.